The predicted octanol–water partition coefficient (Wildman–Crippen LogP) is 4.56. The van der Waals surface area contributed by atoms with Gasteiger partial charge in [-0.3, -0.25) is 0 Å². The molecular formula is C19H28Cl2N2O2S. The zero-order valence-corrected chi connectivity index (χ0v) is 17.4. The normalized spacial score (nSPS) is 21.2. The summed E-state index contributed by atoms with van der Waals surface area (Å²) in [7, 11) is -3.57. The van der Waals surface area contributed by atoms with Gasteiger partial charge >= 0.3 is 0 Å². The number of nitrogens with one attached hydrogen (secondary N) is 1. The summed E-state index contributed by atoms with van der Waals surface area (Å²) in [6.07, 6.45) is 8.28. The van der Waals surface area contributed by atoms with Crippen LogP contribution in [0.25, 0.3) is 0 Å². The molecule has 0 amide bonds. The largest absolute Gasteiger partial charge is 0.317 e. The first-order chi connectivity index (χ1) is 12.5. The van der Waals surface area contributed by atoms with E-state index in [1.165, 1.54) is 38.2 Å². The summed E-state index contributed by atoms with van der Waals surface area (Å²) in [5, 5.41) is 4.04. The Morgan fingerprint density at radius 3 is 2.27 bits per heavy atom. The van der Waals surface area contributed by atoms with E-state index in [-0.39, 0.29) is 9.92 Å². The first kappa shape index (κ1) is 20.4. The molecule has 0 aromatic heterocycles. The number of hydrogen-bond donors (Lipinski definition) is 1. The van der Waals surface area contributed by atoms with Crippen LogP contribution in [0.3, 0.4) is 0 Å². The van der Waals surface area contributed by atoms with E-state index >= 15 is 0 Å². The molecule has 1 N–H and O–H groups in total. The lowest BCUT2D eigenvalue weighted by molar-refractivity contribution is 0.250. The van der Waals surface area contributed by atoms with Crippen LogP contribution in [-0.4, -0.2) is 38.9 Å². The van der Waals surface area contributed by atoms with Crippen molar-refractivity contribution in [2.75, 3.05) is 26.2 Å². The summed E-state index contributed by atoms with van der Waals surface area (Å²) in [6.45, 7) is 3.46. The number of hydrogen-bond acceptors (Lipinski definition) is 3. The highest BCUT2D eigenvalue weighted by Crippen LogP contribution is 2.32. The Balaban J connectivity index is 1.49. The van der Waals surface area contributed by atoms with Gasteiger partial charge in [-0.2, -0.15) is 4.31 Å². The lowest BCUT2D eigenvalue weighted by Crippen LogP contribution is -2.38. The van der Waals surface area contributed by atoms with Crippen LogP contribution >= 0.6 is 23.2 Å². The summed E-state index contributed by atoms with van der Waals surface area (Å²) in [4.78, 5) is 0.121. The molecule has 2 fully saturated rings. The zero-order valence-electron chi connectivity index (χ0n) is 15.1. The summed E-state index contributed by atoms with van der Waals surface area (Å²) in [6, 6.07) is 4.60. The van der Waals surface area contributed by atoms with E-state index in [2.05, 4.69) is 5.32 Å². The SMILES string of the molecule is O=S(=O)(c1cc(Cl)ccc1Cl)N1CCC(CCCC2CCNCC2)CC1. The van der Waals surface area contributed by atoms with Crippen molar-refractivity contribution < 1.29 is 8.42 Å². The maximum atomic E-state index is 12.9. The van der Waals surface area contributed by atoms with Crippen LogP contribution in [0.1, 0.15) is 44.9 Å². The highest BCUT2D eigenvalue weighted by Gasteiger charge is 2.31. The summed E-state index contributed by atoms with van der Waals surface area (Å²) in [5.74, 6) is 1.51. The van der Waals surface area contributed by atoms with Gasteiger partial charge in [-0.05, 0) is 68.8 Å². The van der Waals surface area contributed by atoms with Crippen molar-refractivity contribution in [1.82, 2.24) is 9.62 Å². The third-order valence-corrected chi connectivity index (χ3v) is 8.38. The predicted molar refractivity (Wildman–Crippen MR) is 107 cm³/mol. The van der Waals surface area contributed by atoms with Crippen molar-refractivity contribution in [1.29, 1.82) is 0 Å². The molecule has 1 aromatic rings. The van der Waals surface area contributed by atoms with Gasteiger partial charge in [0.1, 0.15) is 4.90 Å². The monoisotopic (exact) mass is 418 g/mol. The van der Waals surface area contributed by atoms with Crippen molar-refractivity contribution >= 4 is 33.2 Å². The van der Waals surface area contributed by atoms with Gasteiger partial charge in [0, 0.05) is 18.1 Å². The Labute approximate surface area is 167 Å². The summed E-state index contributed by atoms with van der Waals surface area (Å²) >= 11 is 12.1. The highest BCUT2D eigenvalue weighted by molar-refractivity contribution is 7.89. The van der Waals surface area contributed by atoms with Gasteiger partial charge in [-0.25, -0.2) is 8.42 Å². The van der Waals surface area contributed by atoms with Crippen molar-refractivity contribution in [3.63, 3.8) is 0 Å². The fourth-order valence-corrected chi connectivity index (χ4v) is 6.32. The van der Waals surface area contributed by atoms with Crippen LogP contribution in [0.4, 0.5) is 0 Å². The van der Waals surface area contributed by atoms with E-state index in [0.717, 1.165) is 31.8 Å². The smallest absolute Gasteiger partial charge is 0.244 e. The van der Waals surface area contributed by atoms with Gasteiger partial charge in [0.05, 0.1) is 5.02 Å². The van der Waals surface area contributed by atoms with Gasteiger partial charge in [0.2, 0.25) is 10.0 Å². The number of sulfonamides is 1. The molecule has 7 heteroatoms. The fourth-order valence-electron chi connectivity index (χ4n) is 4.12. The Kier molecular flexibility index (Phi) is 7.25. The maximum Gasteiger partial charge on any atom is 0.244 e. The van der Waals surface area contributed by atoms with Gasteiger partial charge in [-0.1, -0.05) is 42.5 Å². The lowest BCUT2D eigenvalue weighted by atomic mass is 9.87. The lowest BCUT2D eigenvalue weighted by Gasteiger charge is -2.32. The maximum absolute atomic E-state index is 12.9. The first-order valence-electron chi connectivity index (χ1n) is 9.63. The minimum absolute atomic E-state index is 0.121. The Hall–Kier alpha value is -0.330. The molecule has 2 heterocycles. The highest BCUT2D eigenvalue weighted by atomic mass is 35.5. The van der Waals surface area contributed by atoms with E-state index in [1.54, 1.807) is 16.4 Å². The van der Waals surface area contributed by atoms with E-state index in [4.69, 9.17) is 23.2 Å². The molecule has 4 nitrogen and oxygen atoms in total. The molecule has 26 heavy (non-hydrogen) atoms. The molecule has 0 unspecified atom stereocenters. The third-order valence-electron chi connectivity index (χ3n) is 5.77. The summed E-state index contributed by atoms with van der Waals surface area (Å²) in [5.41, 5.74) is 0. The Bertz CT molecular complexity index is 697. The van der Waals surface area contributed by atoms with Crippen molar-refractivity contribution in [2.45, 2.75) is 49.8 Å². The molecule has 2 aliphatic rings. The van der Waals surface area contributed by atoms with Crippen LogP contribution in [0.15, 0.2) is 23.1 Å². The van der Waals surface area contributed by atoms with E-state index in [9.17, 15) is 8.42 Å². The van der Waals surface area contributed by atoms with Crippen molar-refractivity contribution in [2.24, 2.45) is 11.8 Å². The second-order valence-electron chi connectivity index (χ2n) is 7.55. The number of benzene rings is 1. The molecule has 0 bridgehead atoms. The molecule has 3 rings (SSSR count). The minimum Gasteiger partial charge on any atom is -0.317 e. The van der Waals surface area contributed by atoms with E-state index in [1.807, 2.05) is 0 Å². The Morgan fingerprint density at radius 1 is 1.00 bits per heavy atom. The Morgan fingerprint density at radius 2 is 1.62 bits per heavy atom. The fraction of sp³-hybridized carbons (Fsp3) is 0.684. The molecule has 0 radical (unpaired) electrons. The first-order valence-corrected chi connectivity index (χ1v) is 11.8. The van der Waals surface area contributed by atoms with Crippen LogP contribution in [0, 0.1) is 11.8 Å². The summed E-state index contributed by atoms with van der Waals surface area (Å²) < 4.78 is 27.3. The molecule has 146 valence electrons. The van der Waals surface area contributed by atoms with Crippen LogP contribution < -0.4 is 5.32 Å². The second kappa shape index (κ2) is 9.24. The van der Waals surface area contributed by atoms with Crippen LogP contribution in [0.5, 0.6) is 0 Å². The molecule has 2 aliphatic heterocycles. The molecule has 0 atom stereocenters. The number of rotatable bonds is 6. The van der Waals surface area contributed by atoms with Gasteiger partial charge in [-0.15, -0.1) is 0 Å². The molecule has 0 saturated carbocycles. The zero-order chi connectivity index (χ0) is 18.6. The van der Waals surface area contributed by atoms with Gasteiger partial charge in [0.25, 0.3) is 0 Å². The van der Waals surface area contributed by atoms with Gasteiger partial charge < -0.3 is 5.32 Å². The molecule has 1 aromatic carbocycles. The molecule has 2 saturated heterocycles. The average Bonchev–Trinajstić information content (AvgIpc) is 2.65. The van der Waals surface area contributed by atoms with E-state index < -0.39 is 10.0 Å². The number of piperidine rings is 2. The van der Waals surface area contributed by atoms with E-state index in [0.29, 0.717) is 24.0 Å². The number of halogens is 2. The van der Waals surface area contributed by atoms with Crippen LogP contribution in [-0.2, 0) is 10.0 Å². The topological polar surface area (TPSA) is 49.4 Å². The van der Waals surface area contributed by atoms with Crippen molar-refractivity contribution in [3.05, 3.63) is 28.2 Å². The quantitative estimate of drug-likeness (QED) is 0.735. The molecular weight excluding hydrogens is 391 g/mol. The standard InChI is InChI=1S/C19H28Cl2N2O2S/c20-17-4-5-18(21)19(14-17)26(24,25)23-12-8-16(9-13-23)3-1-2-15-6-10-22-11-7-15/h4-5,14-16,22H,1-3,6-13H2. The molecule has 0 aliphatic carbocycles. The second-order valence-corrected chi connectivity index (χ2v) is 10.3. The number of nitrogens with zero attached hydrogens (tertiary/aromatic N) is 1. The third kappa shape index (κ3) is 5.14. The van der Waals surface area contributed by atoms with Gasteiger partial charge in [0.15, 0.2) is 0 Å². The van der Waals surface area contributed by atoms with Crippen LogP contribution in [0.2, 0.25) is 10.0 Å². The average molecular weight is 419 g/mol. The molecule has 0 spiro atoms. The van der Waals surface area contributed by atoms with Crippen molar-refractivity contribution in [3.8, 4) is 0 Å². The minimum atomic E-state index is -3.57.